The van der Waals surface area contributed by atoms with Crippen molar-refractivity contribution in [2.75, 3.05) is 20.6 Å². The van der Waals surface area contributed by atoms with Gasteiger partial charge in [0, 0.05) is 17.1 Å². The van der Waals surface area contributed by atoms with Crippen molar-refractivity contribution >= 4 is 17.4 Å². The van der Waals surface area contributed by atoms with E-state index >= 15 is 0 Å². The predicted octanol–water partition coefficient (Wildman–Crippen LogP) is 3.92. The molecule has 0 saturated carbocycles. The Kier molecular flexibility index (Phi) is 5.22. The van der Waals surface area contributed by atoms with Crippen molar-refractivity contribution in [2.45, 2.75) is 12.5 Å². The molecule has 0 N–H and O–H groups in total. The number of ketones is 1. The molecule has 3 nitrogen and oxygen atoms in total. The zero-order chi connectivity index (χ0) is 16.2. The average Bonchev–Trinajstić information content (AvgIpc) is 2.47. The fourth-order valence-corrected chi connectivity index (χ4v) is 2.54. The van der Waals surface area contributed by atoms with Crippen LogP contribution in [0, 0.1) is 0 Å². The van der Waals surface area contributed by atoms with Crippen LogP contribution in [-0.4, -0.2) is 36.9 Å². The second kappa shape index (κ2) is 6.95. The second-order valence-electron chi connectivity index (χ2n) is 5.72. The molecule has 2 aromatic carbocycles. The van der Waals surface area contributed by atoms with Gasteiger partial charge in [0.2, 0.25) is 5.78 Å². The minimum absolute atomic E-state index is 0.0679. The predicted molar refractivity (Wildman–Crippen MR) is 89.8 cm³/mol. The molecular weight excluding hydrogens is 298 g/mol. The van der Waals surface area contributed by atoms with Crippen molar-refractivity contribution in [2.24, 2.45) is 0 Å². The number of rotatable bonds is 6. The van der Waals surface area contributed by atoms with E-state index in [1.807, 2.05) is 56.3 Å². The number of hydrogen-bond donors (Lipinski definition) is 0. The van der Waals surface area contributed by atoms with Crippen molar-refractivity contribution in [3.8, 4) is 5.75 Å². The summed E-state index contributed by atoms with van der Waals surface area (Å²) < 4.78 is 6.04. The highest BCUT2D eigenvalue weighted by Gasteiger charge is 2.37. The van der Waals surface area contributed by atoms with E-state index < -0.39 is 5.60 Å². The van der Waals surface area contributed by atoms with Gasteiger partial charge < -0.3 is 9.64 Å². The van der Waals surface area contributed by atoms with Gasteiger partial charge in [-0.15, -0.1) is 0 Å². The Morgan fingerprint density at radius 3 is 2.23 bits per heavy atom. The number of benzene rings is 2. The van der Waals surface area contributed by atoms with Crippen LogP contribution in [0.4, 0.5) is 0 Å². The Bertz CT molecular complexity index is 625. The second-order valence-corrected chi connectivity index (χ2v) is 6.16. The van der Waals surface area contributed by atoms with Gasteiger partial charge in [-0.3, -0.25) is 4.79 Å². The summed E-state index contributed by atoms with van der Waals surface area (Å²) in [6.45, 7) is 2.29. The maximum Gasteiger partial charge on any atom is 0.207 e. The van der Waals surface area contributed by atoms with Gasteiger partial charge >= 0.3 is 0 Å². The zero-order valence-electron chi connectivity index (χ0n) is 13.0. The SMILES string of the molecule is CN(C)C[C@](C)(Oc1ccccc1)C(=O)c1ccc(Cl)cc1. The van der Waals surface area contributed by atoms with E-state index in [0.717, 1.165) is 0 Å². The number of carbonyl (C=O) groups is 1. The smallest absolute Gasteiger partial charge is 0.207 e. The van der Waals surface area contributed by atoms with E-state index in [0.29, 0.717) is 22.9 Å². The molecule has 0 spiro atoms. The Hall–Kier alpha value is -1.84. The van der Waals surface area contributed by atoms with E-state index in [9.17, 15) is 4.79 Å². The van der Waals surface area contributed by atoms with Gasteiger partial charge in [-0.1, -0.05) is 29.8 Å². The highest BCUT2D eigenvalue weighted by Crippen LogP contribution is 2.24. The molecule has 2 rings (SSSR count). The van der Waals surface area contributed by atoms with Gasteiger partial charge in [-0.05, 0) is 57.4 Å². The van der Waals surface area contributed by atoms with Gasteiger partial charge in [0.15, 0.2) is 5.60 Å². The molecule has 0 heterocycles. The van der Waals surface area contributed by atoms with Gasteiger partial charge in [-0.25, -0.2) is 0 Å². The first-order chi connectivity index (χ1) is 10.4. The third-order valence-corrected chi connectivity index (χ3v) is 3.54. The van der Waals surface area contributed by atoms with Crippen molar-refractivity contribution in [1.29, 1.82) is 0 Å². The van der Waals surface area contributed by atoms with Crippen LogP contribution in [0.1, 0.15) is 17.3 Å². The molecule has 0 unspecified atom stereocenters. The largest absolute Gasteiger partial charge is 0.478 e. The first kappa shape index (κ1) is 16.5. The van der Waals surface area contributed by atoms with E-state index in [-0.39, 0.29) is 5.78 Å². The Morgan fingerprint density at radius 2 is 1.68 bits per heavy atom. The number of nitrogens with zero attached hydrogens (tertiary/aromatic N) is 1. The average molecular weight is 318 g/mol. The summed E-state index contributed by atoms with van der Waals surface area (Å²) >= 11 is 5.89. The number of Topliss-reactive ketones (excluding diaryl/α,β-unsaturated/α-hetero) is 1. The molecule has 0 amide bonds. The fraction of sp³-hybridized carbons (Fsp3) is 0.278. The molecule has 116 valence electrons. The summed E-state index contributed by atoms with van der Waals surface area (Å²) in [5.74, 6) is 0.607. The molecule has 0 aliphatic heterocycles. The lowest BCUT2D eigenvalue weighted by Gasteiger charge is -2.32. The lowest BCUT2D eigenvalue weighted by Crippen LogP contribution is -2.49. The maximum atomic E-state index is 12.9. The van der Waals surface area contributed by atoms with Crippen molar-refractivity contribution in [3.05, 3.63) is 65.2 Å². The lowest BCUT2D eigenvalue weighted by atomic mass is 9.93. The number of hydrogen-bond acceptors (Lipinski definition) is 3. The topological polar surface area (TPSA) is 29.5 Å². The summed E-state index contributed by atoms with van der Waals surface area (Å²) in [5.41, 5.74) is -0.386. The van der Waals surface area contributed by atoms with Crippen LogP contribution < -0.4 is 4.74 Å². The Balaban J connectivity index is 2.31. The van der Waals surface area contributed by atoms with Gasteiger partial charge in [0.05, 0.1) is 0 Å². The minimum Gasteiger partial charge on any atom is -0.478 e. The summed E-state index contributed by atoms with van der Waals surface area (Å²) in [4.78, 5) is 14.9. The van der Waals surface area contributed by atoms with E-state index in [1.54, 1.807) is 24.3 Å². The molecule has 2 aromatic rings. The van der Waals surface area contributed by atoms with Crippen LogP contribution in [0.15, 0.2) is 54.6 Å². The molecule has 0 aliphatic carbocycles. The standard InChI is InChI=1S/C18H20ClNO2/c1-18(13-20(2)3,22-16-7-5-4-6-8-16)17(21)14-9-11-15(19)12-10-14/h4-12H,13H2,1-3H3/t18-/m0/s1. The highest BCUT2D eigenvalue weighted by atomic mass is 35.5. The van der Waals surface area contributed by atoms with E-state index in [4.69, 9.17) is 16.3 Å². The summed E-state index contributed by atoms with van der Waals surface area (Å²) in [6.07, 6.45) is 0. The summed E-state index contributed by atoms with van der Waals surface area (Å²) in [7, 11) is 3.84. The van der Waals surface area contributed by atoms with Crippen LogP contribution >= 0.6 is 11.6 Å². The van der Waals surface area contributed by atoms with Crippen molar-refractivity contribution in [3.63, 3.8) is 0 Å². The quantitative estimate of drug-likeness (QED) is 0.756. The maximum absolute atomic E-state index is 12.9. The highest BCUT2D eigenvalue weighted by molar-refractivity contribution is 6.30. The fourth-order valence-electron chi connectivity index (χ4n) is 2.41. The molecule has 0 saturated heterocycles. The van der Waals surface area contributed by atoms with Crippen molar-refractivity contribution < 1.29 is 9.53 Å². The van der Waals surface area contributed by atoms with Crippen LogP contribution in [0.3, 0.4) is 0 Å². The van der Waals surface area contributed by atoms with Crippen molar-refractivity contribution in [1.82, 2.24) is 4.90 Å². The minimum atomic E-state index is -0.974. The molecular formula is C18H20ClNO2. The molecule has 0 bridgehead atoms. The molecule has 0 fully saturated rings. The zero-order valence-corrected chi connectivity index (χ0v) is 13.8. The number of para-hydroxylation sites is 1. The van der Waals surface area contributed by atoms with Crippen LogP contribution in [0.2, 0.25) is 5.02 Å². The summed E-state index contributed by atoms with van der Waals surface area (Å²) in [6, 6.07) is 16.3. The first-order valence-electron chi connectivity index (χ1n) is 7.10. The number of carbonyl (C=O) groups excluding carboxylic acids is 1. The first-order valence-corrected chi connectivity index (χ1v) is 7.48. The lowest BCUT2D eigenvalue weighted by molar-refractivity contribution is 0.0412. The molecule has 22 heavy (non-hydrogen) atoms. The van der Waals surface area contributed by atoms with E-state index in [2.05, 4.69) is 0 Å². The normalized spacial score (nSPS) is 13.7. The molecule has 0 aliphatic rings. The third-order valence-electron chi connectivity index (χ3n) is 3.29. The number of halogens is 1. The van der Waals surface area contributed by atoms with Gasteiger partial charge in [0.1, 0.15) is 5.75 Å². The monoisotopic (exact) mass is 317 g/mol. The molecule has 0 radical (unpaired) electrons. The molecule has 4 heteroatoms. The molecule has 1 atom stereocenters. The van der Waals surface area contributed by atoms with Crippen LogP contribution in [0.5, 0.6) is 5.75 Å². The molecule has 0 aromatic heterocycles. The van der Waals surface area contributed by atoms with Gasteiger partial charge in [0.25, 0.3) is 0 Å². The Labute approximate surface area is 136 Å². The third kappa shape index (κ3) is 4.09. The van der Waals surface area contributed by atoms with Crippen LogP contribution in [-0.2, 0) is 0 Å². The number of ether oxygens (including phenoxy) is 1. The number of likely N-dealkylation sites (N-methyl/N-ethyl adjacent to an activating group) is 1. The van der Waals surface area contributed by atoms with E-state index in [1.165, 1.54) is 0 Å². The van der Waals surface area contributed by atoms with Crippen LogP contribution in [0.25, 0.3) is 0 Å². The Morgan fingerprint density at radius 1 is 1.09 bits per heavy atom. The van der Waals surface area contributed by atoms with Gasteiger partial charge in [-0.2, -0.15) is 0 Å². The summed E-state index contributed by atoms with van der Waals surface area (Å²) in [5, 5.41) is 0.606.